The van der Waals surface area contributed by atoms with Gasteiger partial charge in [-0.2, -0.15) is 0 Å². The van der Waals surface area contributed by atoms with Gasteiger partial charge in [0.05, 0.1) is 6.42 Å². The summed E-state index contributed by atoms with van der Waals surface area (Å²) < 4.78 is 0. The van der Waals surface area contributed by atoms with Crippen molar-refractivity contribution in [3.05, 3.63) is 12.2 Å². The summed E-state index contributed by atoms with van der Waals surface area (Å²) in [5.74, 6) is -0.748. The molecule has 13 heavy (non-hydrogen) atoms. The van der Waals surface area contributed by atoms with E-state index < -0.39 is 5.97 Å². The van der Waals surface area contributed by atoms with Crippen LogP contribution in [-0.4, -0.2) is 24.2 Å². The lowest BCUT2D eigenvalue weighted by Crippen LogP contribution is -2.17. The Hall–Kier alpha value is -0.830. The molecule has 0 aliphatic carbocycles. The number of carbonyl (C=O) groups is 1. The molecule has 0 radical (unpaired) electrons. The first-order valence-corrected chi connectivity index (χ1v) is 4.85. The largest absolute Gasteiger partial charge is 0.481 e. The van der Waals surface area contributed by atoms with E-state index in [2.05, 4.69) is 24.4 Å². The molecule has 0 rings (SSSR count). The lowest BCUT2D eigenvalue weighted by Gasteiger charge is -1.96. The zero-order chi connectivity index (χ0) is 9.94. The van der Waals surface area contributed by atoms with Gasteiger partial charge in [0.25, 0.3) is 0 Å². The normalized spacial score (nSPS) is 10.8. The van der Waals surface area contributed by atoms with Crippen LogP contribution in [-0.2, 0) is 4.79 Å². The Balaban J connectivity index is 3.06. The van der Waals surface area contributed by atoms with Crippen LogP contribution in [0.4, 0.5) is 0 Å². The van der Waals surface area contributed by atoms with E-state index in [1.54, 1.807) is 0 Å². The summed E-state index contributed by atoms with van der Waals surface area (Å²) in [7, 11) is 0. The van der Waals surface area contributed by atoms with Crippen LogP contribution in [0.1, 0.15) is 32.6 Å². The molecule has 0 bridgehead atoms. The number of aliphatic carboxylic acids is 1. The van der Waals surface area contributed by atoms with Gasteiger partial charge in [-0.1, -0.05) is 31.9 Å². The molecule has 76 valence electrons. The topological polar surface area (TPSA) is 49.3 Å². The van der Waals surface area contributed by atoms with Gasteiger partial charge in [0, 0.05) is 13.1 Å². The molecule has 0 saturated heterocycles. The van der Waals surface area contributed by atoms with E-state index >= 15 is 0 Å². The van der Waals surface area contributed by atoms with E-state index in [9.17, 15) is 4.79 Å². The zero-order valence-corrected chi connectivity index (χ0v) is 8.25. The van der Waals surface area contributed by atoms with Crippen LogP contribution in [0.25, 0.3) is 0 Å². The molecule has 0 saturated carbocycles. The number of nitrogens with one attached hydrogen (secondary N) is 1. The van der Waals surface area contributed by atoms with Crippen molar-refractivity contribution < 1.29 is 9.90 Å². The average Bonchev–Trinajstić information content (AvgIpc) is 2.09. The Kier molecular flexibility index (Phi) is 8.67. The highest BCUT2D eigenvalue weighted by atomic mass is 16.4. The standard InChI is InChI=1S/C10H19NO2/c1-2-3-4-5-6-8-11-9-7-10(12)13/h5-6,11H,2-4,7-9H2,1H3,(H,12,13). The Labute approximate surface area is 79.8 Å². The Bertz CT molecular complexity index is 155. The van der Waals surface area contributed by atoms with Gasteiger partial charge in [-0.05, 0) is 6.42 Å². The molecular formula is C10H19NO2. The number of hydrogen-bond donors (Lipinski definition) is 2. The van der Waals surface area contributed by atoms with E-state index in [0.29, 0.717) is 6.54 Å². The van der Waals surface area contributed by atoms with Crippen molar-refractivity contribution in [2.24, 2.45) is 0 Å². The van der Waals surface area contributed by atoms with Crippen LogP contribution in [0.3, 0.4) is 0 Å². The van der Waals surface area contributed by atoms with Crippen molar-refractivity contribution in [1.82, 2.24) is 5.32 Å². The lowest BCUT2D eigenvalue weighted by atomic mass is 10.2. The van der Waals surface area contributed by atoms with Crippen molar-refractivity contribution in [3.63, 3.8) is 0 Å². The molecule has 3 nitrogen and oxygen atoms in total. The molecule has 0 heterocycles. The first-order valence-electron chi connectivity index (χ1n) is 4.85. The van der Waals surface area contributed by atoms with Gasteiger partial charge >= 0.3 is 5.97 Å². The maximum atomic E-state index is 10.1. The maximum Gasteiger partial charge on any atom is 0.304 e. The minimum Gasteiger partial charge on any atom is -0.481 e. The van der Waals surface area contributed by atoms with Gasteiger partial charge in [0.15, 0.2) is 0 Å². The number of carboxylic acid groups (broad SMARTS) is 1. The van der Waals surface area contributed by atoms with Gasteiger partial charge in [-0.3, -0.25) is 4.79 Å². The van der Waals surface area contributed by atoms with E-state index in [1.165, 1.54) is 12.8 Å². The molecule has 0 fully saturated rings. The number of carboxylic acids is 1. The Morgan fingerprint density at radius 3 is 2.85 bits per heavy atom. The van der Waals surface area contributed by atoms with E-state index in [4.69, 9.17) is 5.11 Å². The van der Waals surface area contributed by atoms with Gasteiger partial charge in [0.2, 0.25) is 0 Å². The lowest BCUT2D eigenvalue weighted by molar-refractivity contribution is -0.136. The molecule has 3 heteroatoms. The molecule has 0 aliphatic rings. The second-order valence-corrected chi connectivity index (χ2v) is 2.96. The zero-order valence-electron chi connectivity index (χ0n) is 8.25. The van der Waals surface area contributed by atoms with Crippen LogP contribution in [0.15, 0.2) is 12.2 Å². The third-order valence-electron chi connectivity index (χ3n) is 1.67. The molecule has 0 unspecified atom stereocenters. The molecule has 0 aromatic carbocycles. The van der Waals surface area contributed by atoms with Gasteiger partial charge in [0.1, 0.15) is 0 Å². The van der Waals surface area contributed by atoms with Crippen molar-refractivity contribution in [2.45, 2.75) is 32.6 Å². The number of hydrogen-bond acceptors (Lipinski definition) is 2. The molecule has 0 aliphatic heterocycles. The van der Waals surface area contributed by atoms with Gasteiger partial charge in [-0.15, -0.1) is 0 Å². The summed E-state index contributed by atoms with van der Waals surface area (Å²) in [6, 6.07) is 0. The molecular weight excluding hydrogens is 166 g/mol. The molecule has 0 aromatic heterocycles. The average molecular weight is 185 g/mol. The first-order chi connectivity index (χ1) is 6.27. The highest BCUT2D eigenvalue weighted by molar-refractivity contribution is 5.66. The fraction of sp³-hybridized carbons (Fsp3) is 0.700. The molecule has 0 amide bonds. The van der Waals surface area contributed by atoms with E-state index in [-0.39, 0.29) is 6.42 Å². The third kappa shape index (κ3) is 11.2. The second kappa shape index (κ2) is 9.26. The predicted octanol–water partition coefficient (Wildman–Crippen LogP) is 1.80. The number of allylic oxidation sites excluding steroid dienone is 1. The highest BCUT2D eigenvalue weighted by Crippen LogP contribution is 1.93. The summed E-state index contributed by atoms with van der Waals surface area (Å²) in [6.07, 6.45) is 7.96. The SMILES string of the molecule is CCCCC=CCNCCC(=O)O. The van der Waals surface area contributed by atoms with Gasteiger partial charge in [-0.25, -0.2) is 0 Å². The Morgan fingerprint density at radius 2 is 2.23 bits per heavy atom. The molecule has 0 spiro atoms. The quantitative estimate of drug-likeness (QED) is 0.448. The van der Waals surface area contributed by atoms with Crippen LogP contribution in [0, 0.1) is 0 Å². The fourth-order valence-corrected chi connectivity index (χ4v) is 0.904. The fourth-order valence-electron chi connectivity index (χ4n) is 0.904. The molecule has 0 atom stereocenters. The second-order valence-electron chi connectivity index (χ2n) is 2.96. The number of unbranched alkanes of at least 4 members (excludes halogenated alkanes) is 2. The summed E-state index contributed by atoms with van der Waals surface area (Å²) in [5, 5.41) is 11.4. The van der Waals surface area contributed by atoms with Crippen molar-refractivity contribution in [1.29, 1.82) is 0 Å². The predicted molar refractivity (Wildman–Crippen MR) is 53.8 cm³/mol. The van der Waals surface area contributed by atoms with Crippen molar-refractivity contribution in [3.8, 4) is 0 Å². The molecule has 0 aromatic rings. The van der Waals surface area contributed by atoms with Crippen LogP contribution < -0.4 is 5.32 Å². The van der Waals surface area contributed by atoms with E-state index in [0.717, 1.165) is 13.0 Å². The minimum atomic E-state index is -0.748. The summed E-state index contributed by atoms with van der Waals surface area (Å²) in [4.78, 5) is 10.1. The smallest absolute Gasteiger partial charge is 0.304 e. The van der Waals surface area contributed by atoms with E-state index in [1.807, 2.05) is 0 Å². The maximum absolute atomic E-state index is 10.1. The first kappa shape index (κ1) is 12.2. The van der Waals surface area contributed by atoms with Crippen molar-refractivity contribution >= 4 is 5.97 Å². The van der Waals surface area contributed by atoms with Crippen LogP contribution in [0.2, 0.25) is 0 Å². The number of rotatable bonds is 8. The third-order valence-corrected chi connectivity index (χ3v) is 1.67. The van der Waals surface area contributed by atoms with Crippen molar-refractivity contribution in [2.75, 3.05) is 13.1 Å². The van der Waals surface area contributed by atoms with Gasteiger partial charge < -0.3 is 10.4 Å². The van der Waals surface area contributed by atoms with Crippen LogP contribution in [0.5, 0.6) is 0 Å². The minimum absolute atomic E-state index is 0.197. The summed E-state index contributed by atoms with van der Waals surface area (Å²) in [6.45, 7) is 3.49. The highest BCUT2D eigenvalue weighted by Gasteiger charge is 1.92. The Morgan fingerprint density at radius 1 is 1.46 bits per heavy atom. The summed E-state index contributed by atoms with van der Waals surface area (Å²) in [5.41, 5.74) is 0. The molecule has 2 N–H and O–H groups in total. The van der Waals surface area contributed by atoms with Crippen LogP contribution >= 0.6 is 0 Å². The summed E-state index contributed by atoms with van der Waals surface area (Å²) >= 11 is 0. The monoisotopic (exact) mass is 185 g/mol.